The molecule has 2 nitrogen and oxygen atoms in total. The Balaban J connectivity index is 2.99. The van der Waals surface area contributed by atoms with Gasteiger partial charge in [-0.2, -0.15) is 13.2 Å². The summed E-state index contributed by atoms with van der Waals surface area (Å²) in [6.07, 6.45) is -4.37. The molecule has 0 bridgehead atoms. The van der Waals surface area contributed by atoms with Crippen LogP contribution in [-0.2, 0) is 17.5 Å². The van der Waals surface area contributed by atoms with Crippen LogP contribution in [0, 0.1) is 6.92 Å². The molecule has 1 aromatic carbocycles. The quantitative estimate of drug-likeness (QED) is 0.852. The summed E-state index contributed by atoms with van der Waals surface area (Å²) in [6.45, 7) is 8.74. The molecule has 0 saturated heterocycles. The van der Waals surface area contributed by atoms with Crippen LogP contribution in [-0.4, -0.2) is 9.30 Å². The molecule has 114 valence electrons. The van der Waals surface area contributed by atoms with Gasteiger partial charge in [-0.25, -0.2) is 0 Å². The third kappa shape index (κ3) is 4.68. The Morgan fingerprint density at radius 1 is 1.15 bits per heavy atom. The second-order valence-electron chi connectivity index (χ2n) is 5.85. The standard InChI is InChI=1S/C14H20F3NOS/c1-9-6-11(8-12(7-9)14(15,16)17)10(2)18-20(19)13(3,4)5/h6-8,10,18H,1-5H3/t10-,20-/m1/s1. The number of aryl methyl sites for hydroxylation is 1. The third-order valence-corrected chi connectivity index (χ3v) is 4.45. The van der Waals surface area contributed by atoms with E-state index >= 15 is 0 Å². The molecule has 0 aliphatic carbocycles. The van der Waals surface area contributed by atoms with Crippen LogP contribution < -0.4 is 4.72 Å². The predicted molar refractivity (Wildman–Crippen MR) is 75.6 cm³/mol. The van der Waals surface area contributed by atoms with Gasteiger partial charge in [0.2, 0.25) is 0 Å². The number of nitrogens with one attached hydrogen (secondary N) is 1. The van der Waals surface area contributed by atoms with Crippen molar-refractivity contribution in [3.05, 3.63) is 34.9 Å². The topological polar surface area (TPSA) is 35.1 Å². The molecule has 0 amide bonds. The lowest BCUT2D eigenvalue weighted by molar-refractivity contribution is -0.137. The van der Waals surface area contributed by atoms with Crippen molar-refractivity contribution in [1.82, 2.24) is 4.72 Å². The van der Waals surface area contributed by atoms with Crippen LogP contribution in [0.25, 0.3) is 0 Å². The summed E-state index contributed by atoms with van der Waals surface area (Å²) in [5, 5.41) is 0. The van der Waals surface area contributed by atoms with Gasteiger partial charge >= 0.3 is 6.18 Å². The van der Waals surface area contributed by atoms with Gasteiger partial charge in [0.25, 0.3) is 0 Å². The van der Waals surface area contributed by atoms with E-state index in [-0.39, 0.29) is 0 Å². The van der Waals surface area contributed by atoms with E-state index in [1.807, 2.05) is 0 Å². The van der Waals surface area contributed by atoms with Crippen molar-refractivity contribution >= 4 is 11.4 Å². The molecule has 0 aromatic heterocycles. The largest absolute Gasteiger partial charge is 0.598 e. The van der Waals surface area contributed by atoms with Gasteiger partial charge in [0.05, 0.1) is 11.6 Å². The Kier molecular flexibility index (Phi) is 5.16. The fraction of sp³-hybridized carbons (Fsp3) is 0.571. The summed E-state index contributed by atoms with van der Waals surface area (Å²) in [4.78, 5) is 0. The lowest BCUT2D eigenvalue weighted by Crippen LogP contribution is -2.40. The maximum atomic E-state index is 12.8. The Morgan fingerprint density at radius 3 is 2.15 bits per heavy atom. The summed E-state index contributed by atoms with van der Waals surface area (Å²) >= 11 is -1.33. The average molecular weight is 307 g/mol. The van der Waals surface area contributed by atoms with Gasteiger partial charge in [0, 0.05) is 11.4 Å². The molecule has 0 saturated carbocycles. The summed E-state index contributed by atoms with van der Waals surface area (Å²) in [6, 6.07) is 3.46. The van der Waals surface area contributed by atoms with Crippen LogP contribution in [0.2, 0.25) is 0 Å². The van der Waals surface area contributed by atoms with E-state index in [2.05, 4.69) is 4.72 Å². The van der Waals surface area contributed by atoms with E-state index in [0.717, 1.165) is 12.1 Å². The van der Waals surface area contributed by atoms with Crippen molar-refractivity contribution in [2.75, 3.05) is 0 Å². The molecule has 20 heavy (non-hydrogen) atoms. The van der Waals surface area contributed by atoms with E-state index in [4.69, 9.17) is 0 Å². The summed E-state index contributed by atoms with van der Waals surface area (Å²) in [5.41, 5.74) is 0.336. The number of benzene rings is 1. The fourth-order valence-electron chi connectivity index (χ4n) is 1.63. The number of halogens is 3. The molecule has 0 fully saturated rings. The molecular formula is C14H20F3NOS. The normalized spacial score (nSPS) is 16.1. The van der Waals surface area contributed by atoms with Crippen LogP contribution in [0.5, 0.6) is 0 Å². The van der Waals surface area contributed by atoms with Crippen LogP contribution in [0.15, 0.2) is 18.2 Å². The third-order valence-electron chi connectivity index (χ3n) is 2.77. The van der Waals surface area contributed by atoms with Crippen molar-refractivity contribution in [3.63, 3.8) is 0 Å². The molecule has 1 aromatic rings. The van der Waals surface area contributed by atoms with Crippen LogP contribution >= 0.6 is 0 Å². The van der Waals surface area contributed by atoms with Crippen LogP contribution in [0.4, 0.5) is 13.2 Å². The van der Waals surface area contributed by atoms with Crippen molar-refractivity contribution in [1.29, 1.82) is 0 Å². The molecule has 1 N–H and O–H groups in total. The van der Waals surface area contributed by atoms with Gasteiger partial charge < -0.3 is 4.55 Å². The van der Waals surface area contributed by atoms with E-state index in [1.54, 1.807) is 40.7 Å². The SMILES string of the molecule is Cc1cc([C@@H](C)N[S@+]([O-])C(C)(C)C)cc(C(F)(F)F)c1. The molecule has 6 heteroatoms. The number of hydrogen-bond donors (Lipinski definition) is 1. The minimum Gasteiger partial charge on any atom is -0.598 e. The van der Waals surface area contributed by atoms with Crippen molar-refractivity contribution < 1.29 is 17.7 Å². The average Bonchev–Trinajstić information content (AvgIpc) is 2.25. The molecule has 2 atom stereocenters. The Labute approximate surface area is 121 Å². The van der Waals surface area contributed by atoms with Crippen LogP contribution in [0.3, 0.4) is 0 Å². The molecule has 1 rings (SSSR count). The summed E-state index contributed by atoms with van der Waals surface area (Å²) < 4.78 is 52.7. The Bertz CT molecular complexity index is 468. The number of hydrogen-bond acceptors (Lipinski definition) is 2. The minimum atomic E-state index is -4.37. The maximum absolute atomic E-state index is 12.8. The second-order valence-corrected chi connectivity index (χ2v) is 7.85. The molecule has 0 radical (unpaired) electrons. The van der Waals surface area contributed by atoms with Gasteiger partial charge in [0.1, 0.15) is 4.75 Å². The van der Waals surface area contributed by atoms with Crippen molar-refractivity contribution in [2.24, 2.45) is 0 Å². The first-order valence-electron chi connectivity index (χ1n) is 6.28. The van der Waals surface area contributed by atoms with E-state index in [9.17, 15) is 17.7 Å². The molecule has 0 aliphatic heterocycles. The highest BCUT2D eigenvalue weighted by Crippen LogP contribution is 2.32. The monoisotopic (exact) mass is 307 g/mol. The number of alkyl halides is 3. The highest BCUT2D eigenvalue weighted by molar-refractivity contribution is 7.90. The summed E-state index contributed by atoms with van der Waals surface area (Å²) in [5.74, 6) is 0. The van der Waals surface area contributed by atoms with E-state index in [0.29, 0.717) is 11.1 Å². The molecular weight excluding hydrogens is 287 g/mol. The van der Waals surface area contributed by atoms with Gasteiger partial charge in [-0.3, -0.25) is 0 Å². The molecule has 0 aliphatic rings. The zero-order valence-corrected chi connectivity index (χ0v) is 13.1. The van der Waals surface area contributed by atoms with Gasteiger partial charge in [-0.05, 0) is 52.3 Å². The highest BCUT2D eigenvalue weighted by Gasteiger charge is 2.32. The first-order valence-corrected chi connectivity index (χ1v) is 7.43. The first kappa shape index (κ1) is 17.3. The van der Waals surface area contributed by atoms with E-state index in [1.165, 1.54) is 0 Å². The molecule has 0 heterocycles. The van der Waals surface area contributed by atoms with Crippen molar-refractivity contribution in [3.8, 4) is 0 Å². The van der Waals surface area contributed by atoms with Crippen LogP contribution in [0.1, 0.15) is 50.4 Å². The highest BCUT2D eigenvalue weighted by atomic mass is 32.2. The van der Waals surface area contributed by atoms with Gasteiger partial charge in [0.15, 0.2) is 0 Å². The predicted octanol–water partition coefficient (Wildman–Crippen LogP) is 4.13. The lowest BCUT2D eigenvalue weighted by Gasteiger charge is -2.27. The maximum Gasteiger partial charge on any atom is 0.416 e. The summed E-state index contributed by atoms with van der Waals surface area (Å²) in [7, 11) is 0. The zero-order chi connectivity index (χ0) is 15.7. The van der Waals surface area contributed by atoms with E-state index < -0.39 is 33.9 Å². The molecule has 0 unspecified atom stereocenters. The lowest BCUT2D eigenvalue weighted by atomic mass is 10.0. The van der Waals surface area contributed by atoms with Gasteiger partial charge in [-0.1, -0.05) is 11.6 Å². The van der Waals surface area contributed by atoms with Gasteiger partial charge in [-0.15, -0.1) is 4.72 Å². The fourth-order valence-corrected chi connectivity index (χ4v) is 2.44. The van der Waals surface area contributed by atoms with Crippen molar-refractivity contribution in [2.45, 2.75) is 51.6 Å². The number of rotatable bonds is 3. The zero-order valence-electron chi connectivity index (χ0n) is 12.3. The minimum absolute atomic E-state index is 0.420. The smallest absolute Gasteiger partial charge is 0.416 e. The molecule has 0 spiro atoms. The Morgan fingerprint density at radius 2 is 1.70 bits per heavy atom. The second kappa shape index (κ2) is 5.95. The Hall–Kier alpha value is -0.720. The first-order chi connectivity index (χ1) is 8.91.